The van der Waals surface area contributed by atoms with Gasteiger partial charge < -0.3 is 15.0 Å². The molecule has 104 valence electrons. The summed E-state index contributed by atoms with van der Waals surface area (Å²) in [5, 5.41) is 9.00. The van der Waals surface area contributed by atoms with Crippen molar-refractivity contribution in [2.45, 2.75) is 13.8 Å². The van der Waals surface area contributed by atoms with Gasteiger partial charge in [-0.15, -0.1) is 0 Å². The number of carbonyl (C=O) groups is 2. The maximum absolute atomic E-state index is 12.3. The van der Waals surface area contributed by atoms with Gasteiger partial charge in [0, 0.05) is 12.7 Å². The summed E-state index contributed by atoms with van der Waals surface area (Å²) in [6, 6.07) is 5.69. The molecule has 0 bridgehead atoms. The van der Waals surface area contributed by atoms with E-state index in [1.54, 1.807) is 7.05 Å². The molecule has 0 radical (unpaired) electrons. The Kier molecular flexibility index (Phi) is 3.56. The van der Waals surface area contributed by atoms with Gasteiger partial charge in [-0.2, -0.15) is 0 Å². The molecule has 2 rings (SSSR count). The van der Waals surface area contributed by atoms with Crippen molar-refractivity contribution in [1.29, 1.82) is 0 Å². The van der Waals surface area contributed by atoms with E-state index in [1.807, 2.05) is 32.0 Å². The lowest BCUT2D eigenvalue weighted by molar-refractivity contribution is 0.0686. The van der Waals surface area contributed by atoms with Crippen molar-refractivity contribution < 1.29 is 14.7 Å². The Balaban J connectivity index is 2.37. The van der Waals surface area contributed by atoms with Crippen LogP contribution >= 0.6 is 0 Å². The van der Waals surface area contributed by atoms with Crippen LogP contribution in [-0.4, -0.2) is 34.0 Å². The molecule has 0 aliphatic rings. The molecule has 1 aromatic carbocycles. The van der Waals surface area contributed by atoms with Crippen molar-refractivity contribution >= 4 is 17.6 Å². The molecule has 1 aromatic heterocycles. The molecule has 0 saturated carbocycles. The topological polar surface area (TPSA) is 86.3 Å². The Hall–Kier alpha value is -2.63. The number of aromatic carboxylic acids is 1. The number of carboxylic acids is 1. The zero-order chi connectivity index (χ0) is 14.9. The van der Waals surface area contributed by atoms with E-state index in [0.29, 0.717) is 0 Å². The standard InChI is InChI=1S/C14H15N3O3/c1-8-4-5-10(9(2)6-8)17(3)13(18)11-12(14(19)20)16-7-15-11/h4-7H,1-3H3,(H,15,16)(H,19,20). The van der Waals surface area contributed by atoms with Gasteiger partial charge in [0.25, 0.3) is 5.91 Å². The number of aromatic nitrogens is 2. The number of carboxylic acid groups (broad SMARTS) is 1. The fourth-order valence-electron chi connectivity index (χ4n) is 2.07. The molecule has 2 aromatic rings. The average Bonchev–Trinajstić information content (AvgIpc) is 2.86. The highest BCUT2D eigenvalue weighted by atomic mass is 16.4. The second kappa shape index (κ2) is 5.16. The third kappa shape index (κ3) is 2.40. The Morgan fingerprint density at radius 1 is 1.30 bits per heavy atom. The molecule has 6 heteroatoms. The molecule has 0 fully saturated rings. The van der Waals surface area contributed by atoms with E-state index in [9.17, 15) is 9.59 Å². The van der Waals surface area contributed by atoms with E-state index < -0.39 is 11.9 Å². The maximum Gasteiger partial charge on any atom is 0.354 e. The Labute approximate surface area is 116 Å². The summed E-state index contributed by atoms with van der Waals surface area (Å²) in [5.41, 5.74) is 2.46. The van der Waals surface area contributed by atoms with Crippen LogP contribution in [0, 0.1) is 13.8 Å². The van der Waals surface area contributed by atoms with E-state index in [1.165, 1.54) is 11.2 Å². The average molecular weight is 273 g/mol. The summed E-state index contributed by atoms with van der Waals surface area (Å²) in [6.07, 6.45) is 1.20. The molecular formula is C14H15N3O3. The number of hydrogen-bond donors (Lipinski definition) is 2. The van der Waals surface area contributed by atoms with Crippen molar-refractivity contribution in [3.8, 4) is 0 Å². The number of aromatic amines is 1. The number of nitrogens with zero attached hydrogens (tertiary/aromatic N) is 2. The van der Waals surface area contributed by atoms with Crippen molar-refractivity contribution in [2.24, 2.45) is 0 Å². The number of rotatable bonds is 3. The van der Waals surface area contributed by atoms with Crippen LogP contribution < -0.4 is 4.90 Å². The lowest BCUT2D eigenvalue weighted by Gasteiger charge is -2.19. The van der Waals surface area contributed by atoms with Crippen LogP contribution in [0.5, 0.6) is 0 Å². The quantitative estimate of drug-likeness (QED) is 0.895. The summed E-state index contributed by atoms with van der Waals surface area (Å²) < 4.78 is 0. The van der Waals surface area contributed by atoms with Gasteiger partial charge in [-0.1, -0.05) is 17.7 Å². The second-order valence-corrected chi connectivity index (χ2v) is 4.59. The number of amides is 1. The molecule has 0 saturated heterocycles. The van der Waals surface area contributed by atoms with Crippen LogP contribution in [0.25, 0.3) is 0 Å². The van der Waals surface area contributed by atoms with E-state index in [0.717, 1.165) is 16.8 Å². The Bertz CT molecular complexity index is 676. The first-order valence-corrected chi connectivity index (χ1v) is 6.03. The summed E-state index contributed by atoms with van der Waals surface area (Å²) >= 11 is 0. The van der Waals surface area contributed by atoms with Gasteiger partial charge in [-0.25, -0.2) is 9.78 Å². The van der Waals surface area contributed by atoms with Gasteiger partial charge in [0.15, 0.2) is 11.4 Å². The third-order valence-corrected chi connectivity index (χ3v) is 3.07. The van der Waals surface area contributed by atoms with Gasteiger partial charge in [0.1, 0.15) is 0 Å². The molecule has 6 nitrogen and oxygen atoms in total. The lowest BCUT2D eigenvalue weighted by atomic mass is 10.1. The molecule has 0 atom stereocenters. The molecule has 2 N–H and O–H groups in total. The first kappa shape index (κ1) is 13.8. The number of nitrogens with one attached hydrogen (secondary N) is 1. The molecule has 0 spiro atoms. The summed E-state index contributed by atoms with van der Waals surface area (Å²) in [4.78, 5) is 31.0. The first-order chi connectivity index (χ1) is 9.41. The van der Waals surface area contributed by atoms with Crippen LogP contribution in [-0.2, 0) is 0 Å². The summed E-state index contributed by atoms with van der Waals surface area (Å²) in [7, 11) is 1.60. The zero-order valence-corrected chi connectivity index (χ0v) is 11.5. The van der Waals surface area contributed by atoms with Crippen molar-refractivity contribution in [1.82, 2.24) is 9.97 Å². The van der Waals surface area contributed by atoms with Gasteiger partial charge in [0.05, 0.1) is 6.33 Å². The largest absolute Gasteiger partial charge is 0.477 e. The molecule has 1 heterocycles. The summed E-state index contributed by atoms with van der Waals surface area (Å²) in [6.45, 7) is 3.86. The highest BCUT2D eigenvalue weighted by molar-refractivity contribution is 6.09. The van der Waals surface area contributed by atoms with Crippen LogP contribution in [0.1, 0.15) is 32.1 Å². The molecule has 20 heavy (non-hydrogen) atoms. The predicted molar refractivity (Wildman–Crippen MR) is 74.2 cm³/mol. The third-order valence-electron chi connectivity index (χ3n) is 3.07. The molecular weight excluding hydrogens is 258 g/mol. The van der Waals surface area contributed by atoms with E-state index >= 15 is 0 Å². The van der Waals surface area contributed by atoms with Crippen LogP contribution in [0.3, 0.4) is 0 Å². The minimum atomic E-state index is -1.21. The van der Waals surface area contributed by atoms with E-state index in [-0.39, 0.29) is 11.4 Å². The zero-order valence-electron chi connectivity index (χ0n) is 11.5. The van der Waals surface area contributed by atoms with Crippen LogP contribution in [0.4, 0.5) is 5.69 Å². The van der Waals surface area contributed by atoms with E-state index in [2.05, 4.69) is 9.97 Å². The number of hydrogen-bond acceptors (Lipinski definition) is 3. The Morgan fingerprint density at radius 2 is 2.00 bits per heavy atom. The van der Waals surface area contributed by atoms with Gasteiger partial charge in [-0.3, -0.25) is 4.79 Å². The van der Waals surface area contributed by atoms with Gasteiger partial charge >= 0.3 is 5.97 Å². The second-order valence-electron chi connectivity index (χ2n) is 4.59. The normalized spacial score (nSPS) is 10.3. The van der Waals surface area contributed by atoms with E-state index in [4.69, 9.17) is 5.11 Å². The number of imidazole rings is 1. The number of carbonyl (C=O) groups excluding carboxylic acids is 1. The van der Waals surface area contributed by atoms with Crippen molar-refractivity contribution in [3.05, 3.63) is 47.0 Å². The molecule has 0 aliphatic carbocycles. The fraction of sp³-hybridized carbons (Fsp3) is 0.214. The predicted octanol–water partition coefficient (Wildman–Crippen LogP) is 2.00. The number of H-pyrrole nitrogens is 1. The van der Waals surface area contributed by atoms with Crippen LogP contribution in [0.15, 0.2) is 24.5 Å². The molecule has 0 unspecified atom stereocenters. The molecule has 0 aliphatic heterocycles. The minimum absolute atomic E-state index is 0.0972. The highest BCUT2D eigenvalue weighted by Gasteiger charge is 2.24. The van der Waals surface area contributed by atoms with Crippen molar-refractivity contribution in [3.63, 3.8) is 0 Å². The Morgan fingerprint density at radius 3 is 2.60 bits per heavy atom. The minimum Gasteiger partial charge on any atom is -0.477 e. The SMILES string of the molecule is Cc1ccc(N(C)C(=O)c2nc[nH]c2C(=O)O)c(C)c1. The smallest absolute Gasteiger partial charge is 0.354 e. The molecule has 1 amide bonds. The monoisotopic (exact) mass is 273 g/mol. The van der Waals surface area contributed by atoms with Crippen LogP contribution in [0.2, 0.25) is 0 Å². The summed E-state index contributed by atoms with van der Waals surface area (Å²) in [5.74, 6) is -1.67. The maximum atomic E-state index is 12.3. The van der Waals surface area contributed by atoms with Crippen molar-refractivity contribution in [2.75, 3.05) is 11.9 Å². The lowest BCUT2D eigenvalue weighted by Crippen LogP contribution is -2.28. The number of anilines is 1. The number of aryl methyl sites for hydroxylation is 2. The number of benzene rings is 1. The van der Waals surface area contributed by atoms with Gasteiger partial charge in [0.2, 0.25) is 0 Å². The van der Waals surface area contributed by atoms with Gasteiger partial charge in [-0.05, 0) is 25.5 Å². The fourth-order valence-corrected chi connectivity index (χ4v) is 2.07. The highest BCUT2D eigenvalue weighted by Crippen LogP contribution is 2.21. The first-order valence-electron chi connectivity index (χ1n) is 6.03.